The Morgan fingerprint density at radius 3 is 2.60 bits per heavy atom. The van der Waals surface area contributed by atoms with E-state index in [0.29, 0.717) is 5.82 Å². The summed E-state index contributed by atoms with van der Waals surface area (Å²) in [6.07, 6.45) is 5.48. The number of fused-ring (bicyclic) bond motifs is 1. The van der Waals surface area contributed by atoms with Gasteiger partial charge in [0.2, 0.25) is 5.91 Å². The maximum absolute atomic E-state index is 12.8. The van der Waals surface area contributed by atoms with Crippen molar-refractivity contribution in [1.82, 2.24) is 24.9 Å². The molecular formula is C23H30N6O. The summed E-state index contributed by atoms with van der Waals surface area (Å²) in [5, 5.41) is 13.2. The van der Waals surface area contributed by atoms with E-state index < -0.39 is 0 Å². The maximum Gasteiger partial charge on any atom is 0.228 e. The molecule has 0 radical (unpaired) electrons. The number of hydrogen-bond donors (Lipinski definition) is 1. The molecule has 0 atom stereocenters. The third-order valence-corrected chi connectivity index (χ3v) is 5.53. The van der Waals surface area contributed by atoms with Gasteiger partial charge in [-0.25, -0.2) is 4.98 Å². The zero-order chi connectivity index (χ0) is 21.3. The number of amides is 1. The summed E-state index contributed by atoms with van der Waals surface area (Å²) in [5.41, 5.74) is 2.10. The maximum atomic E-state index is 12.8. The van der Waals surface area contributed by atoms with Crippen molar-refractivity contribution in [3.8, 4) is 11.3 Å². The number of benzene rings is 1. The van der Waals surface area contributed by atoms with Gasteiger partial charge in [-0.2, -0.15) is 0 Å². The molecule has 2 aromatic heterocycles. The molecule has 3 heterocycles. The van der Waals surface area contributed by atoms with E-state index >= 15 is 0 Å². The summed E-state index contributed by atoms with van der Waals surface area (Å²) in [6.45, 7) is 9.79. The smallest absolute Gasteiger partial charge is 0.228 e. The van der Waals surface area contributed by atoms with Crippen LogP contribution in [0.2, 0.25) is 0 Å². The fourth-order valence-corrected chi connectivity index (χ4v) is 4.10. The van der Waals surface area contributed by atoms with Crippen molar-refractivity contribution in [3.05, 3.63) is 36.7 Å². The summed E-state index contributed by atoms with van der Waals surface area (Å²) >= 11 is 0. The van der Waals surface area contributed by atoms with Gasteiger partial charge in [0, 0.05) is 36.7 Å². The van der Waals surface area contributed by atoms with E-state index in [2.05, 4.69) is 52.4 Å². The van der Waals surface area contributed by atoms with E-state index in [1.54, 1.807) is 10.9 Å². The summed E-state index contributed by atoms with van der Waals surface area (Å²) in [4.78, 5) is 19.7. The van der Waals surface area contributed by atoms with Crippen molar-refractivity contribution in [1.29, 1.82) is 0 Å². The van der Waals surface area contributed by atoms with E-state index in [1.807, 2.05) is 31.4 Å². The highest BCUT2D eigenvalue weighted by Gasteiger charge is 2.27. The van der Waals surface area contributed by atoms with Gasteiger partial charge in [-0.05, 0) is 48.9 Å². The number of aryl methyl sites for hydroxylation is 1. The molecule has 158 valence electrons. The first kappa shape index (κ1) is 20.5. The van der Waals surface area contributed by atoms with Gasteiger partial charge in [-0.1, -0.05) is 38.1 Å². The number of rotatable bonds is 4. The molecule has 1 aliphatic heterocycles. The predicted octanol–water partition coefficient (Wildman–Crippen LogP) is 3.73. The first-order valence-corrected chi connectivity index (χ1v) is 10.6. The van der Waals surface area contributed by atoms with Crippen LogP contribution in [0.25, 0.3) is 22.0 Å². The third kappa shape index (κ3) is 4.84. The molecule has 0 saturated carbocycles. The molecule has 0 spiro atoms. The summed E-state index contributed by atoms with van der Waals surface area (Å²) in [5.74, 6) is 0.716. The third-order valence-electron chi connectivity index (χ3n) is 5.53. The molecule has 3 aromatic rings. The van der Waals surface area contributed by atoms with Gasteiger partial charge in [0.1, 0.15) is 11.5 Å². The van der Waals surface area contributed by atoms with Crippen molar-refractivity contribution in [2.24, 2.45) is 18.4 Å². The summed E-state index contributed by atoms with van der Waals surface area (Å²) in [6, 6.07) is 8.02. The minimum atomic E-state index is 0.0460. The first-order valence-electron chi connectivity index (χ1n) is 10.6. The number of carbonyl (C=O) groups is 1. The lowest BCUT2D eigenvalue weighted by Crippen LogP contribution is -2.41. The molecular weight excluding hydrogens is 376 g/mol. The minimum absolute atomic E-state index is 0.0460. The molecule has 1 saturated heterocycles. The highest BCUT2D eigenvalue weighted by molar-refractivity contribution is 5.95. The van der Waals surface area contributed by atoms with Crippen LogP contribution in [-0.2, 0) is 11.8 Å². The van der Waals surface area contributed by atoms with Gasteiger partial charge in [-0.3, -0.25) is 9.48 Å². The second-order valence-corrected chi connectivity index (χ2v) is 9.51. The Kier molecular flexibility index (Phi) is 5.56. The SMILES string of the molecule is Cn1cc(-c2ccc3cnc(NC(=O)C4CCN(CC(C)(C)C)CC4)cc3c2)nn1. The van der Waals surface area contributed by atoms with Crippen LogP contribution < -0.4 is 5.32 Å². The number of likely N-dealkylation sites (tertiary alicyclic amines) is 1. The summed E-state index contributed by atoms with van der Waals surface area (Å²) in [7, 11) is 1.85. The molecule has 4 rings (SSSR count). The second-order valence-electron chi connectivity index (χ2n) is 9.51. The Bertz CT molecular complexity index is 1040. The van der Waals surface area contributed by atoms with Crippen molar-refractivity contribution in [2.75, 3.05) is 25.0 Å². The largest absolute Gasteiger partial charge is 0.310 e. The topological polar surface area (TPSA) is 75.9 Å². The molecule has 1 amide bonds. The zero-order valence-electron chi connectivity index (χ0n) is 18.2. The normalized spacial score (nSPS) is 16.1. The molecule has 1 N–H and O–H groups in total. The highest BCUT2D eigenvalue weighted by atomic mass is 16.1. The molecule has 1 aromatic carbocycles. The highest BCUT2D eigenvalue weighted by Crippen LogP contribution is 2.26. The van der Waals surface area contributed by atoms with Crippen LogP contribution in [0.1, 0.15) is 33.6 Å². The van der Waals surface area contributed by atoms with Gasteiger partial charge in [-0.15, -0.1) is 5.10 Å². The molecule has 0 unspecified atom stereocenters. The van der Waals surface area contributed by atoms with Crippen LogP contribution in [0.5, 0.6) is 0 Å². The zero-order valence-corrected chi connectivity index (χ0v) is 18.2. The molecule has 1 fully saturated rings. The second kappa shape index (κ2) is 8.14. The number of pyridine rings is 1. The van der Waals surface area contributed by atoms with Crippen LogP contribution in [0.4, 0.5) is 5.82 Å². The van der Waals surface area contributed by atoms with Gasteiger partial charge >= 0.3 is 0 Å². The van der Waals surface area contributed by atoms with E-state index in [9.17, 15) is 4.79 Å². The quantitative estimate of drug-likeness (QED) is 0.715. The number of nitrogens with one attached hydrogen (secondary N) is 1. The number of hydrogen-bond acceptors (Lipinski definition) is 5. The number of nitrogens with zero attached hydrogens (tertiary/aromatic N) is 5. The Hall–Kier alpha value is -2.80. The van der Waals surface area contributed by atoms with Crippen molar-refractivity contribution in [3.63, 3.8) is 0 Å². The molecule has 0 aliphatic carbocycles. The average molecular weight is 407 g/mol. The molecule has 1 aliphatic rings. The van der Waals surface area contributed by atoms with Crippen LogP contribution >= 0.6 is 0 Å². The predicted molar refractivity (Wildman–Crippen MR) is 119 cm³/mol. The Balaban J connectivity index is 1.43. The van der Waals surface area contributed by atoms with Crippen LogP contribution in [0, 0.1) is 11.3 Å². The number of anilines is 1. The molecule has 7 heteroatoms. The molecule has 30 heavy (non-hydrogen) atoms. The fraction of sp³-hybridized carbons (Fsp3) is 0.478. The lowest BCUT2D eigenvalue weighted by atomic mass is 9.91. The Morgan fingerprint density at radius 1 is 1.17 bits per heavy atom. The molecule has 7 nitrogen and oxygen atoms in total. The first-order chi connectivity index (χ1) is 14.3. The molecule has 0 bridgehead atoms. The average Bonchev–Trinajstić information content (AvgIpc) is 3.13. The minimum Gasteiger partial charge on any atom is -0.310 e. The van der Waals surface area contributed by atoms with Crippen molar-refractivity contribution in [2.45, 2.75) is 33.6 Å². The number of aromatic nitrogens is 4. The fourth-order valence-electron chi connectivity index (χ4n) is 4.10. The van der Waals surface area contributed by atoms with Crippen molar-refractivity contribution >= 4 is 22.5 Å². The lowest BCUT2D eigenvalue weighted by molar-refractivity contribution is -0.121. The Labute approximate surface area is 177 Å². The standard InChI is InChI=1S/C23H30N6O/c1-23(2,3)15-29-9-7-16(8-10-29)22(30)25-21-12-19-11-17(5-6-18(19)13-24-21)20-14-28(4)27-26-20/h5-6,11-14,16H,7-10,15H2,1-4H3,(H,24,25,30). The monoisotopic (exact) mass is 406 g/mol. The van der Waals surface area contributed by atoms with Crippen LogP contribution in [0.3, 0.4) is 0 Å². The van der Waals surface area contributed by atoms with Gasteiger partial charge in [0.25, 0.3) is 0 Å². The van der Waals surface area contributed by atoms with Crippen LogP contribution in [-0.4, -0.2) is 50.4 Å². The van der Waals surface area contributed by atoms with Crippen LogP contribution in [0.15, 0.2) is 36.7 Å². The van der Waals surface area contributed by atoms with Crippen molar-refractivity contribution < 1.29 is 4.79 Å². The van der Waals surface area contributed by atoms with E-state index in [0.717, 1.165) is 54.5 Å². The van der Waals surface area contributed by atoms with Gasteiger partial charge in [0.15, 0.2) is 0 Å². The lowest BCUT2D eigenvalue weighted by Gasteiger charge is -2.35. The van der Waals surface area contributed by atoms with Gasteiger partial charge < -0.3 is 10.2 Å². The number of piperidine rings is 1. The van der Waals surface area contributed by atoms with E-state index in [1.165, 1.54) is 0 Å². The van der Waals surface area contributed by atoms with E-state index in [-0.39, 0.29) is 17.2 Å². The van der Waals surface area contributed by atoms with Gasteiger partial charge in [0.05, 0.1) is 6.20 Å². The number of carbonyl (C=O) groups excluding carboxylic acids is 1. The Morgan fingerprint density at radius 2 is 1.93 bits per heavy atom. The summed E-state index contributed by atoms with van der Waals surface area (Å²) < 4.78 is 1.69. The van der Waals surface area contributed by atoms with E-state index in [4.69, 9.17) is 0 Å².